The van der Waals surface area contributed by atoms with Gasteiger partial charge in [0, 0.05) is 30.8 Å². The molecule has 4 N–H and O–H groups in total. The highest BCUT2D eigenvalue weighted by Gasteiger charge is 2.14. The molecule has 1 heterocycles. The van der Waals surface area contributed by atoms with E-state index in [2.05, 4.69) is 40.4 Å². The van der Waals surface area contributed by atoms with Crippen molar-refractivity contribution in [1.82, 2.24) is 9.97 Å². The van der Waals surface area contributed by atoms with Gasteiger partial charge in [0.25, 0.3) is 0 Å². The third kappa shape index (κ3) is 6.37. The van der Waals surface area contributed by atoms with E-state index in [9.17, 15) is 0 Å². The molecule has 0 bridgehead atoms. The molecule has 0 amide bonds. The highest BCUT2D eigenvalue weighted by molar-refractivity contribution is 5.53. The third-order valence-corrected chi connectivity index (χ3v) is 4.90. The average molecular weight is 387 g/mol. The lowest BCUT2D eigenvalue weighted by Crippen LogP contribution is -2.12. The number of hydrogen-bond donors (Lipinski definition) is 3. The Kier molecular flexibility index (Phi) is 9.01. The molecule has 2 aromatic rings. The lowest BCUT2D eigenvalue weighted by atomic mass is 9.99. The van der Waals surface area contributed by atoms with E-state index in [0.29, 0.717) is 12.4 Å². The van der Waals surface area contributed by atoms with Crippen molar-refractivity contribution in [2.45, 2.75) is 58.8 Å². The zero-order chi connectivity index (χ0) is 20.4. The van der Waals surface area contributed by atoms with Crippen molar-refractivity contribution < 1.29 is 9.84 Å². The van der Waals surface area contributed by atoms with Crippen LogP contribution in [0.25, 0.3) is 0 Å². The Morgan fingerprint density at radius 1 is 1.14 bits per heavy atom. The highest BCUT2D eigenvalue weighted by Crippen LogP contribution is 2.28. The number of aliphatic hydroxyl groups is 1. The molecule has 154 valence electrons. The molecule has 28 heavy (non-hydrogen) atoms. The van der Waals surface area contributed by atoms with Crippen molar-refractivity contribution in [2.24, 2.45) is 0 Å². The first-order chi connectivity index (χ1) is 13.6. The minimum Gasteiger partial charge on any atom is -0.496 e. The Labute approximate surface area is 168 Å². The molecule has 0 radical (unpaired) electrons. The van der Waals surface area contributed by atoms with Gasteiger partial charge in [0.05, 0.1) is 7.11 Å². The summed E-state index contributed by atoms with van der Waals surface area (Å²) in [5.74, 6) is 1.98. The molecule has 0 aliphatic carbocycles. The topological polar surface area (TPSA) is 93.3 Å². The molecule has 1 aromatic carbocycles. The van der Waals surface area contributed by atoms with Gasteiger partial charge in [-0.15, -0.1) is 0 Å². The quantitative estimate of drug-likeness (QED) is 0.479. The second-order valence-corrected chi connectivity index (χ2v) is 7.13. The normalized spacial score (nSPS) is 10.9. The van der Waals surface area contributed by atoms with Crippen molar-refractivity contribution in [3.63, 3.8) is 0 Å². The first-order valence-corrected chi connectivity index (χ1v) is 10.2. The molecule has 0 aliphatic rings. The van der Waals surface area contributed by atoms with Crippen LogP contribution in [0, 0.1) is 6.92 Å². The number of aliphatic hydroxyl groups excluding tert-OH is 1. The summed E-state index contributed by atoms with van der Waals surface area (Å²) in [6.45, 7) is 5.27. The van der Waals surface area contributed by atoms with Crippen LogP contribution in [0.5, 0.6) is 5.75 Å². The van der Waals surface area contributed by atoms with E-state index >= 15 is 0 Å². The summed E-state index contributed by atoms with van der Waals surface area (Å²) < 4.78 is 5.65. The Hall–Kier alpha value is -2.34. The summed E-state index contributed by atoms with van der Waals surface area (Å²) >= 11 is 0. The molecule has 0 aliphatic heterocycles. The standard InChI is InChI=1S/C22H34N4O2/c1-4-5-7-12-24-21-19(16(2)25-22(23)26-21)15-18-11-10-17(9-6-8-13-27)14-20(18)28-3/h10-11,14,27H,4-9,12-13,15H2,1-3H3,(H3,23,24,25,26). The molecular weight excluding hydrogens is 352 g/mol. The van der Waals surface area contributed by atoms with Gasteiger partial charge in [-0.1, -0.05) is 31.9 Å². The Morgan fingerprint density at radius 3 is 2.68 bits per heavy atom. The van der Waals surface area contributed by atoms with Gasteiger partial charge in [-0.2, -0.15) is 4.98 Å². The molecule has 0 spiro atoms. The Morgan fingerprint density at radius 2 is 1.96 bits per heavy atom. The maximum absolute atomic E-state index is 8.96. The molecule has 0 fully saturated rings. The van der Waals surface area contributed by atoms with Gasteiger partial charge >= 0.3 is 0 Å². The third-order valence-electron chi connectivity index (χ3n) is 4.90. The van der Waals surface area contributed by atoms with Gasteiger partial charge in [-0.3, -0.25) is 0 Å². The van der Waals surface area contributed by atoms with Crippen LogP contribution in [0.15, 0.2) is 18.2 Å². The summed E-state index contributed by atoms with van der Waals surface area (Å²) in [4.78, 5) is 8.80. The fourth-order valence-corrected chi connectivity index (χ4v) is 3.28. The van der Waals surface area contributed by atoms with Crippen molar-refractivity contribution >= 4 is 11.8 Å². The van der Waals surface area contributed by atoms with Crippen LogP contribution >= 0.6 is 0 Å². The van der Waals surface area contributed by atoms with Crippen LogP contribution in [0.3, 0.4) is 0 Å². The number of ether oxygens (including phenoxy) is 1. The van der Waals surface area contributed by atoms with E-state index in [0.717, 1.165) is 60.6 Å². The average Bonchev–Trinajstić information content (AvgIpc) is 2.68. The molecule has 0 saturated heterocycles. The van der Waals surface area contributed by atoms with Gasteiger partial charge in [0.2, 0.25) is 5.95 Å². The Bertz CT molecular complexity index is 750. The summed E-state index contributed by atoms with van der Waals surface area (Å²) in [5.41, 5.74) is 10.1. The number of benzene rings is 1. The molecule has 6 heteroatoms. The number of aromatic nitrogens is 2. The minimum absolute atomic E-state index is 0.236. The van der Waals surface area contributed by atoms with Crippen LogP contribution in [0.4, 0.5) is 11.8 Å². The number of nitrogen functional groups attached to an aromatic ring is 1. The molecule has 1 aromatic heterocycles. The van der Waals surface area contributed by atoms with Crippen LogP contribution in [0.2, 0.25) is 0 Å². The number of unbranched alkanes of at least 4 members (excludes halogenated alkanes) is 3. The predicted octanol–water partition coefficient (Wildman–Crippen LogP) is 3.88. The second-order valence-electron chi connectivity index (χ2n) is 7.13. The van der Waals surface area contributed by atoms with E-state index in [1.165, 1.54) is 18.4 Å². The van der Waals surface area contributed by atoms with Gasteiger partial charge in [-0.25, -0.2) is 4.98 Å². The zero-order valence-corrected chi connectivity index (χ0v) is 17.4. The summed E-state index contributed by atoms with van der Waals surface area (Å²) in [6, 6.07) is 6.34. The summed E-state index contributed by atoms with van der Waals surface area (Å²) in [5, 5.41) is 12.4. The SMILES string of the molecule is CCCCCNc1nc(N)nc(C)c1Cc1ccc(CCCCO)cc1OC. The number of methoxy groups -OCH3 is 1. The smallest absolute Gasteiger partial charge is 0.222 e. The fourth-order valence-electron chi connectivity index (χ4n) is 3.28. The number of nitrogens with zero attached hydrogens (tertiary/aromatic N) is 2. The van der Waals surface area contributed by atoms with Crippen LogP contribution in [-0.4, -0.2) is 35.3 Å². The predicted molar refractivity (Wildman–Crippen MR) is 115 cm³/mol. The van der Waals surface area contributed by atoms with Gasteiger partial charge in [0.1, 0.15) is 11.6 Å². The fraction of sp³-hybridized carbons (Fsp3) is 0.545. The van der Waals surface area contributed by atoms with Gasteiger partial charge in [0.15, 0.2) is 0 Å². The van der Waals surface area contributed by atoms with Crippen molar-refractivity contribution in [2.75, 3.05) is 31.3 Å². The van der Waals surface area contributed by atoms with Crippen LogP contribution in [-0.2, 0) is 12.8 Å². The van der Waals surface area contributed by atoms with Crippen molar-refractivity contribution in [3.05, 3.63) is 40.6 Å². The molecule has 0 saturated carbocycles. The van der Waals surface area contributed by atoms with E-state index in [4.69, 9.17) is 15.6 Å². The molecule has 6 nitrogen and oxygen atoms in total. The van der Waals surface area contributed by atoms with E-state index in [-0.39, 0.29) is 6.61 Å². The largest absolute Gasteiger partial charge is 0.496 e. The molecule has 2 rings (SSSR count). The summed E-state index contributed by atoms with van der Waals surface area (Å²) in [6.07, 6.45) is 6.88. The molecular formula is C22H34N4O2. The van der Waals surface area contributed by atoms with Crippen LogP contribution < -0.4 is 15.8 Å². The van der Waals surface area contributed by atoms with Gasteiger partial charge in [-0.05, 0) is 49.8 Å². The maximum atomic E-state index is 8.96. The number of hydrogen-bond acceptors (Lipinski definition) is 6. The van der Waals surface area contributed by atoms with Crippen LogP contribution in [0.1, 0.15) is 61.4 Å². The van der Waals surface area contributed by atoms with Crippen molar-refractivity contribution in [1.29, 1.82) is 0 Å². The zero-order valence-electron chi connectivity index (χ0n) is 17.4. The minimum atomic E-state index is 0.236. The number of nitrogens with one attached hydrogen (secondary N) is 1. The maximum Gasteiger partial charge on any atom is 0.222 e. The molecule has 0 atom stereocenters. The highest BCUT2D eigenvalue weighted by atomic mass is 16.5. The monoisotopic (exact) mass is 386 g/mol. The van der Waals surface area contributed by atoms with E-state index < -0.39 is 0 Å². The first kappa shape index (κ1) is 22.0. The summed E-state index contributed by atoms with van der Waals surface area (Å²) in [7, 11) is 1.70. The number of anilines is 2. The number of nitrogens with two attached hydrogens (primary N) is 1. The first-order valence-electron chi connectivity index (χ1n) is 10.2. The lowest BCUT2D eigenvalue weighted by molar-refractivity contribution is 0.284. The van der Waals surface area contributed by atoms with E-state index in [1.807, 2.05) is 6.92 Å². The van der Waals surface area contributed by atoms with Crippen molar-refractivity contribution in [3.8, 4) is 5.75 Å². The lowest BCUT2D eigenvalue weighted by Gasteiger charge is -2.16. The second kappa shape index (κ2) is 11.5. The Balaban J connectivity index is 2.21. The molecule has 0 unspecified atom stereocenters. The number of rotatable bonds is 12. The number of aryl methyl sites for hydroxylation is 2. The van der Waals surface area contributed by atoms with Gasteiger partial charge < -0.3 is 20.9 Å². The van der Waals surface area contributed by atoms with E-state index in [1.54, 1.807) is 7.11 Å².